The zero-order valence-corrected chi connectivity index (χ0v) is 27.1. The quantitative estimate of drug-likeness (QED) is 0.0666. The molecule has 3 amide bonds. The van der Waals surface area contributed by atoms with E-state index in [4.69, 9.17) is 23.7 Å². The summed E-state index contributed by atoms with van der Waals surface area (Å²) < 4.78 is 26.0. The molecule has 2 saturated heterocycles. The predicted molar refractivity (Wildman–Crippen MR) is 166 cm³/mol. The molecule has 2 aliphatic rings. The SMILES string of the molecule is C=C(C)OC(=O)COCCOCCOCCOCCNC(=O)[C@H](CC(=O)O)NC(=O)[C@@H]1CCCN(C(=O)CCC2CCNCC2)C1. The van der Waals surface area contributed by atoms with Crippen LogP contribution in [0.5, 0.6) is 0 Å². The largest absolute Gasteiger partial charge is 0.481 e. The normalized spacial score (nSPS) is 17.6. The first kappa shape index (κ1) is 39.1. The number of amides is 3. The highest BCUT2D eigenvalue weighted by atomic mass is 16.6. The third-order valence-corrected chi connectivity index (χ3v) is 7.55. The molecule has 0 spiro atoms. The number of ether oxygens (including phenoxy) is 5. The van der Waals surface area contributed by atoms with E-state index in [9.17, 15) is 29.1 Å². The van der Waals surface area contributed by atoms with Crippen LogP contribution in [0.1, 0.15) is 51.9 Å². The zero-order chi connectivity index (χ0) is 33.6. The summed E-state index contributed by atoms with van der Waals surface area (Å²) in [4.78, 5) is 62.9. The highest BCUT2D eigenvalue weighted by Gasteiger charge is 2.32. The summed E-state index contributed by atoms with van der Waals surface area (Å²) in [6.45, 7) is 9.74. The van der Waals surface area contributed by atoms with Gasteiger partial charge in [0, 0.05) is 26.1 Å². The van der Waals surface area contributed by atoms with Crippen molar-refractivity contribution in [3.63, 3.8) is 0 Å². The van der Waals surface area contributed by atoms with Gasteiger partial charge in [0.2, 0.25) is 17.7 Å². The van der Waals surface area contributed by atoms with E-state index in [-0.39, 0.29) is 45.4 Å². The Bertz CT molecular complexity index is 974. The number of hydrogen-bond acceptors (Lipinski definition) is 11. The predicted octanol–water partition coefficient (Wildman–Crippen LogP) is 0.224. The van der Waals surface area contributed by atoms with Gasteiger partial charge in [-0.1, -0.05) is 6.58 Å². The van der Waals surface area contributed by atoms with Crippen LogP contribution in [0.15, 0.2) is 12.3 Å². The molecular formula is C31H52N4O11. The summed E-state index contributed by atoms with van der Waals surface area (Å²) in [7, 11) is 0. The number of carbonyl (C=O) groups excluding carboxylic acids is 4. The average Bonchev–Trinajstić information content (AvgIpc) is 3.03. The first-order chi connectivity index (χ1) is 22.2. The molecule has 0 unspecified atom stereocenters. The number of piperidine rings is 2. The van der Waals surface area contributed by atoms with E-state index in [1.54, 1.807) is 11.8 Å². The standard InChI is InChI=1S/C31H52N4O11/c1-23(2)46-29(39)22-45-19-18-44-17-16-43-15-14-42-13-11-33-31(41)26(20-28(37)38)34-30(40)25-4-3-12-35(21-25)27(36)6-5-24-7-9-32-10-8-24/h24-26,32H,1,3-22H2,2H3,(H,33,41)(H,34,40)(H,37,38)/t25-,26+/m1/s1. The molecule has 15 heteroatoms. The third-order valence-electron chi connectivity index (χ3n) is 7.55. The molecule has 2 heterocycles. The van der Waals surface area contributed by atoms with E-state index >= 15 is 0 Å². The Labute approximate surface area is 271 Å². The Morgan fingerprint density at radius 1 is 0.935 bits per heavy atom. The van der Waals surface area contributed by atoms with Gasteiger partial charge in [-0.05, 0) is 58.0 Å². The number of carboxylic acids is 1. The molecule has 0 aliphatic carbocycles. The molecule has 0 radical (unpaired) electrons. The van der Waals surface area contributed by atoms with E-state index in [0.717, 1.165) is 32.4 Å². The highest BCUT2D eigenvalue weighted by molar-refractivity contribution is 5.91. The van der Waals surface area contributed by atoms with Crippen molar-refractivity contribution in [1.29, 1.82) is 0 Å². The molecule has 2 fully saturated rings. The van der Waals surface area contributed by atoms with Crippen LogP contribution in [0.4, 0.5) is 0 Å². The maximum atomic E-state index is 13.0. The number of allylic oxidation sites excluding steroid dienone is 1. The summed E-state index contributed by atoms with van der Waals surface area (Å²) in [5.41, 5.74) is 0. The van der Waals surface area contributed by atoms with Gasteiger partial charge in [0.1, 0.15) is 12.6 Å². The van der Waals surface area contributed by atoms with Crippen LogP contribution in [0, 0.1) is 11.8 Å². The molecule has 0 bridgehead atoms. The fourth-order valence-electron chi connectivity index (χ4n) is 5.16. The van der Waals surface area contributed by atoms with Crippen molar-refractivity contribution in [3.05, 3.63) is 12.3 Å². The van der Waals surface area contributed by atoms with Crippen molar-refractivity contribution < 1.29 is 52.8 Å². The van der Waals surface area contributed by atoms with Crippen LogP contribution in [0.2, 0.25) is 0 Å². The second-order valence-electron chi connectivity index (χ2n) is 11.4. The van der Waals surface area contributed by atoms with Gasteiger partial charge in [-0.3, -0.25) is 19.2 Å². The van der Waals surface area contributed by atoms with Gasteiger partial charge >= 0.3 is 11.9 Å². The lowest BCUT2D eigenvalue weighted by Crippen LogP contribution is -2.52. The van der Waals surface area contributed by atoms with Crippen molar-refractivity contribution in [2.45, 2.75) is 57.9 Å². The van der Waals surface area contributed by atoms with E-state index in [2.05, 4.69) is 22.5 Å². The molecule has 2 aliphatic heterocycles. The second kappa shape index (κ2) is 23.2. The van der Waals surface area contributed by atoms with Crippen LogP contribution >= 0.6 is 0 Å². The molecule has 2 rings (SSSR count). The van der Waals surface area contributed by atoms with Crippen molar-refractivity contribution in [1.82, 2.24) is 20.9 Å². The lowest BCUT2D eigenvalue weighted by molar-refractivity contribution is -0.145. The number of carbonyl (C=O) groups is 5. The number of aliphatic carboxylic acids is 1. The summed E-state index contributed by atoms with van der Waals surface area (Å²) in [5, 5.41) is 17.8. The maximum absolute atomic E-state index is 13.0. The minimum absolute atomic E-state index is 0.0386. The molecule has 0 saturated carbocycles. The number of hydrogen-bond donors (Lipinski definition) is 4. The Morgan fingerprint density at radius 3 is 2.20 bits per heavy atom. The molecule has 262 valence electrons. The lowest BCUT2D eigenvalue weighted by Gasteiger charge is -2.33. The molecule has 4 N–H and O–H groups in total. The minimum atomic E-state index is -1.24. The molecule has 46 heavy (non-hydrogen) atoms. The average molecular weight is 657 g/mol. The number of nitrogens with zero attached hydrogens (tertiary/aromatic N) is 1. The Balaban J connectivity index is 1.56. The van der Waals surface area contributed by atoms with Gasteiger partial charge in [-0.15, -0.1) is 0 Å². The van der Waals surface area contributed by atoms with Crippen molar-refractivity contribution >= 4 is 29.7 Å². The van der Waals surface area contributed by atoms with Crippen molar-refractivity contribution in [3.8, 4) is 0 Å². The summed E-state index contributed by atoms with van der Waals surface area (Å²) >= 11 is 0. The first-order valence-corrected chi connectivity index (χ1v) is 16.1. The zero-order valence-electron chi connectivity index (χ0n) is 27.1. The summed E-state index contributed by atoms with van der Waals surface area (Å²) in [6.07, 6.45) is 4.12. The van der Waals surface area contributed by atoms with E-state index in [1.807, 2.05) is 0 Å². The van der Waals surface area contributed by atoms with E-state index < -0.39 is 42.1 Å². The first-order valence-electron chi connectivity index (χ1n) is 16.1. The smallest absolute Gasteiger partial charge is 0.337 e. The van der Waals surface area contributed by atoms with E-state index in [1.165, 1.54) is 0 Å². The van der Waals surface area contributed by atoms with Crippen LogP contribution < -0.4 is 16.0 Å². The monoisotopic (exact) mass is 656 g/mol. The Morgan fingerprint density at radius 2 is 1.57 bits per heavy atom. The van der Waals surface area contributed by atoms with Crippen LogP contribution in [-0.2, 0) is 47.7 Å². The third kappa shape index (κ3) is 17.5. The maximum Gasteiger partial charge on any atom is 0.337 e. The van der Waals surface area contributed by atoms with Crippen LogP contribution in [0.3, 0.4) is 0 Å². The number of nitrogens with one attached hydrogen (secondary N) is 3. The number of carboxylic acid groups (broad SMARTS) is 1. The summed E-state index contributed by atoms with van der Waals surface area (Å²) in [5.74, 6) is -2.39. The molecular weight excluding hydrogens is 604 g/mol. The highest BCUT2D eigenvalue weighted by Crippen LogP contribution is 2.21. The van der Waals surface area contributed by atoms with Gasteiger partial charge in [0.25, 0.3) is 0 Å². The van der Waals surface area contributed by atoms with Gasteiger partial charge in [0.15, 0.2) is 0 Å². The number of rotatable bonds is 23. The molecule has 0 aromatic heterocycles. The minimum Gasteiger partial charge on any atom is -0.481 e. The molecule has 0 aromatic rings. The van der Waals surface area contributed by atoms with Gasteiger partial charge in [0.05, 0.1) is 64.3 Å². The lowest BCUT2D eigenvalue weighted by atomic mass is 9.92. The summed E-state index contributed by atoms with van der Waals surface area (Å²) in [6, 6.07) is -1.24. The number of esters is 1. The van der Waals surface area contributed by atoms with E-state index in [0.29, 0.717) is 63.9 Å². The van der Waals surface area contributed by atoms with Gasteiger partial charge in [-0.2, -0.15) is 0 Å². The van der Waals surface area contributed by atoms with Gasteiger partial charge in [-0.25, -0.2) is 4.79 Å². The molecule has 0 aromatic carbocycles. The van der Waals surface area contributed by atoms with Crippen molar-refractivity contribution in [2.75, 3.05) is 85.6 Å². The fraction of sp³-hybridized carbons (Fsp3) is 0.774. The number of likely N-dealkylation sites (tertiary alicyclic amines) is 1. The Kier molecular flexibility index (Phi) is 19.7. The van der Waals surface area contributed by atoms with Crippen molar-refractivity contribution in [2.24, 2.45) is 11.8 Å². The molecule has 15 nitrogen and oxygen atoms in total. The van der Waals surface area contributed by atoms with Gasteiger partial charge < -0.3 is 49.6 Å². The molecule has 2 atom stereocenters. The Hall–Kier alpha value is -3.11. The van der Waals surface area contributed by atoms with Crippen LogP contribution in [-0.4, -0.2) is 131 Å². The second-order valence-corrected chi connectivity index (χ2v) is 11.4. The van der Waals surface area contributed by atoms with Crippen LogP contribution in [0.25, 0.3) is 0 Å². The fourth-order valence-corrected chi connectivity index (χ4v) is 5.16. The topological polar surface area (TPSA) is 191 Å².